The molecule has 0 amide bonds. The van der Waals surface area contributed by atoms with E-state index in [2.05, 4.69) is 42.0 Å². The van der Waals surface area contributed by atoms with Crippen LogP contribution >= 0.6 is 31.9 Å². The predicted octanol–water partition coefficient (Wildman–Crippen LogP) is 2.41. The SMILES string of the molecule is Cc1[nH]n(-c2ccc(Br)cc2Br)c(=O)c1C=NCCO. The van der Waals surface area contributed by atoms with E-state index in [1.54, 1.807) is 0 Å². The van der Waals surface area contributed by atoms with Crippen LogP contribution in [-0.4, -0.2) is 34.3 Å². The lowest BCUT2D eigenvalue weighted by Gasteiger charge is -2.04. The molecular weight excluding hydrogens is 390 g/mol. The van der Waals surface area contributed by atoms with Crippen LogP contribution in [0.5, 0.6) is 0 Å². The maximum absolute atomic E-state index is 12.4. The number of aliphatic imine (C=N–C) groups is 1. The Hall–Kier alpha value is -1.18. The summed E-state index contributed by atoms with van der Waals surface area (Å²) in [6.07, 6.45) is 1.49. The average Bonchev–Trinajstić information content (AvgIpc) is 2.67. The molecule has 5 nitrogen and oxygen atoms in total. The number of aromatic nitrogens is 2. The summed E-state index contributed by atoms with van der Waals surface area (Å²) < 4.78 is 3.19. The molecule has 0 unspecified atom stereocenters. The lowest BCUT2D eigenvalue weighted by Crippen LogP contribution is -2.17. The van der Waals surface area contributed by atoms with Gasteiger partial charge in [-0.1, -0.05) is 15.9 Å². The summed E-state index contributed by atoms with van der Waals surface area (Å²) in [7, 11) is 0. The van der Waals surface area contributed by atoms with Gasteiger partial charge in [0.2, 0.25) is 0 Å². The molecular formula is C13H13Br2N3O2. The van der Waals surface area contributed by atoms with Crippen molar-refractivity contribution in [1.29, 1.82) is 0 Å². The molecule has 1 aromatic carbocycles. The summed E-state index contributed by atoms with van der Waals surface area (Å²) in [5.41, 5.74) is 1.77. The topological polar surface area (TPSA) is 70.4 Å². The molecule has 1 heterocycles. The molecule has 0 aliphatic carbocycles. The monoisotopic (exact) mass is 401 g/mol. The zero-order chi connectivity index (χ0) is 14.7. The van der Waals surface area contributed by atoms with Crippen LogP contribution in [0.4, 0.5) is 0 Å². The highest BCUT2D eigenvalue weighted by Gasteiger charge is 2.12. The van der Waals surface area contributed by atoms with E-state index in [0.717, 1.165) is 20.3 Å². The molecule has 0 atom stereocenters. The third-order valence-corrected chi connectivity index (χ3v) is 3.85. The second-order valence-corrected chi connectivity index (χ2v) is 5.92. The van der Waals surface area contributed by atoms with Crippen molar-refractivity contribution in [3.8, 4) is 5.69 Å². The number of rotatable bonds is 4. The molecule has 0 bridgehead atoms. The molecule has 0 saturated carbocycles. The van der Waals surface area contributed by atoms with Crippen molar-refractivity contribution in [1.82, 2.24) is 9.78 Å². The van der Waals surface area contributed by atoms with E-state index in [1.807, 2.05) is 25.1 Å². The summed E-state index contributed by atoms with van der Waals surface area (Å²) in [6, 6.07) is 5.57. The van der Waals surface area contributed by atoms with Crippen LogP contribution in [-0.2, 0) is 0 Å². The van der Waals surface area contributed by atoms with Crippen molar-refractivity contribution < 1.29 is 5.11 Å². The van der Waals surface area contributed by atoms with Crippen LogP contribution < -0.4 is 5.56 Å². The Morgan fingerprint density at radius 2 is 2.20 bits per heavy atom. The first-order valence-electron chi connectivity index (χ1n) is 5.92. The Morgan fingerprint density at radius 3 is 2.85 bits per heavy atom. The molecule has 0 spiro atoms. The number of aryl methyl sites for hydroxylation is 1. The van der Waals surface area contributed by atoms with Gasteiger partial charge in [0.25, 0.3) is 5.56 Å². The van der Waals surface area contributed by atoms with E-state index in [-0.39, 0.29) is 18.7 Å². The van der Waals surface area contributed by atoms with Crippen LogP contribution in [0.25, 0.3) is 5.69 Å². The second kappa shape index (κ2) is 6.51. The van der Waals surface area contributed by atoms with Gasteiger partial charge >= 0.3 is 0 Å². The van der Waals surface area contributed by atoms with Gasteiger partial charge in [-0.05, 0) is 41.1 Å². The van der Waals surface area contributed by atoms with Crippen molar-refractivity contribution in [2.24, 2.45) is 4.99 Å². The van der Waals surface area contributed by atoms with Crippen molar-refractivity contribution in [3.05, 3.63) is 48.8 Å². The molecule has 1 aromatic heterocycles. The number of nitrogens with zero attached hydrogens (tertiary/aromatic N) is 2. The summed E-state index contributed by atoms with van der Waals surface area (Å²) in [4.78, 5) is 16.4. The first-order valence-corrected chi connectivity index (χ1v) is 7.51. The fourth-order valence-electron chi connectivity index (χ4n) is 1.76. The normalized spacial score (nSPS) is 11.4. The Kier molecular flexibility index (Phi) is 4.95. The van der Waals surface area contributed by atoms with Gasteiger partial charge in [-0.25, -0.2) is 4.68 Å². The average molecular weight is 403 g/mol. The minimum atomic E-state index is -0.174. The zero-order valence-corrected chi connectivity index (χ0v) is 13.9. The highest BCUT2D eigenvalue weighted by molar-refractivity contribution is 9.11. The zero-order valence-electron chi connectivity index (χ0n) is 10.7. The highest BCUT2D eigenvalue weighted by atomic mass is 79.9. The standard InChI is InChI=1S/C13H13Br2N3O2/c1-8-10(7-16-4-5-19)13(20)18(17-8)12-3-2-9(14)6-11(12)15/h2-3,6-7,17,19H,4-5H2,1H3. The lowest BCUT2D eigenvalue weighted by atomic mass is 10.3. The fourth-order valence-corrected chi connectivity index (χ4v) is 2.98. The number of aliphatic hydroxyl groups is 1. The molecule has 2 rings (SSSR count). The van der Waals surface area contributed by atoms with Crippen molar-refractivity contribution in [2.75, 3.05) is 13.2 Å². The first kappa shape index (κ1) is 15.2. The summed E-state index contributed by atoms with van der Waals surface area (Å²) in [5.74, 6) is 0. The number of H-pyrrole nitrogens is 1. The van der Waals surface area contributed by atoms with Crippen LogP contribution in [0, 0.1) is 6.92 Å². The molecule has 2 N–H and O–H groups in total. The summed E-state index contributed by atoms with van der Waals surface area (Å²) in [5, 5.41) is 11.7. The third kappa shape index (κ3) is 3.11. The Morgan fingerprint density at radius 1 is 1.45 bits per heavy atom. The molecule has 0 fully saturated rings. The lowest BCUT2D eigenvalue weighted by molar-refractivity contribution is 0.307. The number of nitrogens with one attached hydrogen (secondary N) is 1. The first-order chi connectivity index (χ1) is 9.54. The van der Waals surface area contributed by atoms with E-state index < -0.39 is 0 Å². The number of aromatic amines is 1. The van der Waals surface area contributed by atoms with E-state index in [9.17, 15) is 4.79 Å². The van der Waals surface area contributed by atoms with Gasteiger partial charge in [0, 0.05) is 20.9 Å². The molecule has 106 valence electrons. The van der Waals surface area contributed by atoms with Crippen molar-refractivity contribution in [3.63, 3.8) is 0 Å². The number of hydrogen-bond acceptors (Lipinski definition) is 3. The molecule has 0 aliphatic rings. The van der Waals surface area contributed by atoms with Gasteiger partial charge in [0.05, 0.1) is 24.4 Å². The molecule has 0 aliphatic heterocycles. The van der Waals surface area contributed by atoms with E-state index in [0.29, 0.717) is 5.56 Å². The van der Waals surface area contributed by atoms with Gasteiger partial charge in [-0.15, -0.1) is 0 Å². The third-order valence-electron chi connectivity index (χ3n) is 2.72. The van der Waals surface area contributed by atoms with Crippen LogP contribution in [0.2, 0.25) is 0 Å². The summed E-state index contributed by atoms with van der Waals surface area (Å²) in [6.45, 7) is 2.06. The van der Waals surface area contributed by atoms with E-state index >= 15 is 0 Å². The maximum Gasteiger partial charge on any atom is 0.280 e. The van der Waals surface area contributed by atoms with Gasteiger partial charge in [-0.3, -0.25) is 14.9 Å². The van der Waals surface area contributed by atoms with Crippen LogP contribution in [0.15, 0.2) is 36.9 Å². The van der Waals surface area contributed by atoms with Gasteiger partial charge in [0.1, 0.15) is 0 Å². The smallest absolute Gasteiger partial charge is 0.280 e. The van der Waals surface area contributed by atoms with Gasteiger partial charge in [0.15, 0.2) is 0 Å². The molecule has 2 aromatic rings. The molecule has 20 heavy (non-hydrogen) atoms. The van der Waals surface area contributed by atoms with Gasteiger partial charge < -0.3 is 5.11 Å². The van der Waals surface area contributed by atoms with Crippen LogP contribution in [0.3, 0.4) is 0 Å². The molecule has 0 saturated heterocycles. The van der Waals surface area contributed by atoms with E-state index in [1.165, 1.54) is 10.9 Å². The highest BCUT2D eigenvalue weighted by Crippen LogP contribution is 2.24. The minimum absolute atomic E-state index is 0.0353. The molecule has 7 heteroatoms. The predicted molar refractivity (Wildman–Crippen MR) is 86.1 cm³/mol. The maximum atomic E-state index is 12.4. The quantitative estimate of drug-likeness (QED) is 0.771. The Bertz CT molecular complexity index is 704. The van der Waals surface area contributed by atoms with Crippen molar-refractivity contribution >= 4 is 38.1 Å². The second-order valence-electron chi connectivity index (χ2n) is 4.15. The Labute approximate surface area is 132 Å². The van der Waals surface area contributed by atoms with E-state index in [4.69, 9.17) is 5.11 Å². The fraction of sp³-hybridized carbons (Fsp3) is 0.231. The number of aliphatic hydroxyl groups excluding tert-OH is 1. The largest absolute Gasteiger partial charge is 0.394 e. The number of halogens is 2. The Balaban J connectivity index is 2.49. The minimum Gasteiger partial charge on any atom is -0.394 e. The van der Waals surface area contributed by atoms with Crippen LogP contribution in [0.1, 0.15) is 11.3 Å². The van der Waals surface area contributed by atoms with Crippen molar-refractivity contribution in [2.45, 2.75) is 6.92 Å². The van der Waals surface area contributed by atoms with Gasteiger partial charge in [-0.2, -0.15) is 0 Å². The number of benzene rings is 1. The number of hydrogen-bond donors (Lipinski definition) is 2. The summed E-state index contributed by atoms with van der Waals surface area (Å²) >= 11 is 6.82. The molecule has 0 radical (unpaired) electrons.